The largest absolute Gasteiger partial charge is 0.322 e. The molecule has 0 saturated heterocycles. The topological polar surface area (TPSA) is 72.2 Å². The quantitative estimate of drug-likeness (QED) is 0.320. The molecule has 5 nitrogen and oxygen atoms in total. The van der Waals surface area contributed by atoms with Crippen LogP contribution in [0.15, 0.2) is 42.5 Å². The first-order chi connectivity index (χ1) is 10.9. The molecule has 2 aromatic rings. The van der Waals surface area contributed by atoms with Crippen molar-refractivity contribution in [2.24, 2.45) is 0 Å². The van der Waals surface area contributed by atoms with Crippen molar-refractivity contribution in [3.05, 3.63) is 72.3 Å². The van der Waals surface area contributed by atoms with Crippen molar-refractivity contribution in [3.8, 4) is 0 Å². The number of nitro benzene ring substituents is 1. The van der Waals surface area contributed by atoms with E-state index in [-0.39, 0.29) is 16.6 Å². The highest BCUT2D eigenvalue weighted by Crippen LogP contribution is 2.25. The molecule has 0 radical (unpaired) electrons. The molecule has 0 atom stereocenters. The summed E-state index contributed by atoms with van der Waals surface area (Å²) < 4.78 is 1.09. The minimum atomic E-state index is -0.561. The van der Waals surface area contributed by atoms with E-state index in [0.717, 1.165) is 14.8 Å². The Morgan fingerprint density at radius 1 is 1.30 bits per heavy atom. The molecule has 0 bridgehead atoms. The van der Waals surface area contributed by atoms with E-state index in [0.29, 0.717) is 5.56 Å². The van der Waals surface area contributed by atoms with Crippen molar-refractivity contribution in [1.29, 1.82) is 0 Å². The van der Waals surface area contributed by atoms with Crippen molar-refractivity contribution < 1.29 is 9.72 Å². The molecular formula is C16H12ClIN2O3. The van der Waals surface area contributed by atoms with E-state index in [1.165, 1.54) is 24.3 Å². The third kappa shape index (κ3) is 4.77. The van der Waals surface area contributed by atoms with Crippen LogP contribution in [0.2, 0.25) is 5.02 Å². The van der Waals surface area contributed by atoms with Gasteiger partial charge in [-0.3, -0.25) is 14.9 Å². The summed E-state index contributed by atoms with van der Waals surface area (Å²) in [6.07, 6.45) is 2.82. The van der Waals surface area contributed by atoms with Gasteiger partial charge in [0.1, 0.15) is 5.02 Å². The Hall–Kier alpha value is -1.93. The number of aryl methyl sites for hydroxylation is 1. The normalized spacial score (nSPS) is 10.7. The molecule has 0 aliphatic heterocycles. The van der Waals surface area contributed by atoms with Crippen LogP contribution in [0.5, 0.6) is 0 Å². The SMILES string of the molecule is Cc1cc(I)ccc1NC(=O)C=Cc1ccc(Cl)c([N+](=O)[O-])c1. The number of nitrogens with zero attached hydrogens (tertiary/aromatic N) is 1. The van der Waals surface area contributed by atoms with E-state index < -0.39 is 4.92 Å². The van der Waals surface area contributed by atoms with Crippen LogP contribution in [0.25, 0.3) is 6.08 Å². The first-order valence-electron chi connectivity index (χ1n) is 6.56. The highest BCUT2D eigenvalue weighted by atomic mass is 127. The van der Waals surface area contributed by atoms with Gasteiger partial charge in [-0.2, -0.15) is 0 Å². The minimum Gasteiger partial charge on any atom is -0.322 e. The fraction of sp³-hybridized carbons (Fsp3) is 0.0625. The number of carbonyl (C=O) groups excluding carboxylic acids is 1. The second-order valence-electron chi connectivity index (χ2n) is 4.75. The molecule has 7 heteroatoms. The standard InChI is InChI=1S/C16H12ClIN2O3/c1-10-8-12(18)4-6-14(10)19-16(21)7-3-11-2-5-13(17)15(9-11)20(22)23/h2-9H,1H3,(H,19,21). The van der Waals surface area contributed by atoms with Gasteiger partial charge < -0.3 is 5.32 Å². The monoisotopic (exact) mass is 442 g/mol. The van der Waals surface area contributed by atoms with Crippen molar-refractivity contribution in [2.45, 2.75) is 6.92 Å². The summed E-state index contributed by atoms with van der Waals surface area (Å²) in [5.74, 6) is -0.313. The maximum Gasteiger partial charge on any atom is 0.288 e. The third-order valence-corrected chi connectivity index (χ3v) is 4.03. The molecule has 0 fully saturated rings. The second-order valence-corrected chi connectivity index (χ2v) is 6.40. The van der Waals surface area contributed by atoms with Gasteiger partial charge in [0.25, 0.3) is 5.69 Å². The van der Waals surface area contributed by atoms with Crippen molar-refractivity contribution in [3.63, 3.8) is 0 Å². The summed E-state index contributed by atoms with van der Waals surface area (Å²) in [5.41, 5.74) is 2.02. The van der Waals surface area contributed by atoms with Gasteiger partial charge in [-0.25, -0.2) is 0 Å². The predicted molar refractivity (Wildman–Crippen MR) is 99.7 cm³/mol. The van der Waals surface area contributed by atoms with Gasteiger partial charge in [0.05, 0.1) is 4.92 Å². The average molecular weight is 443 g/mol. The smallest absolute Gasteiger partial charge is 0.288 e. The summed E-state index contributed by atoms with van der Waals surface area (Å²) in [4.78, 5) is 22.2. The lowest BCUT2D eigenvalue weighted by Gasteiger charge is -2.06. The molecule has 1 N–H and O–H groups in total. The molecule has 0 unspecified atom stereocenters. The first-order valence-corrected chi connectivity index (χ1v) is 8.01. The molecule has 2 rings (SSSR count). The molecule has 1 amide bonds. The number of carbonyl (C=O) groups is 1. The Labute approximate surface area is 151 Å². The minimum absolute atomic E-state index is 0.0612. The Morgan fingerprint density at radius 2 is 2.04 bits per heavy atom. The number of hydrogen-bond donors (Lipinski definition) is 1. The zero-order valence-corrected chi connectivity index (χ0v) is 15.0. The number of anilines is 1. The van der Waals surface area contributed by atoms with Crippen molar-refractivity contribution in [1.82, 2.24) is 0 Å². The van der Waals surface area contributed by atoms with Crippen LogP contribution in [0.4, 0.5) is 11.4 Å². The predicted octanol–water partition coefficient (Wildman–Crippen LogP) is 4.81. The number of rotatable bonds is 4. The lowest BCUT2D eigenvalue weighted by atomic mass is 10.2. The average Bonchev–Trinajstić information content (AvgIpc) is 2.49. The Kier molecular flexibility index (Phi) is 5.73. The summed E-state index contributed by atoms with van der Waals surface area (Å²) in [7, 11) is 0. The fourth-order valence-corrected chi connectivity index (χ4v) is 2.72. The maximum atomic E-state index is 11.9. The van der Waals surface area contributed by atoms with Crippen LogP contribution in [-0.2, 0) is 4.79 Å². The van der Waals surface area contributed by atoms with Gasteiger partial charge in [-0.05, 0) is 71.0 Å². The van der Waals surface area contributed by atoms with E-state index in [4.69, 9.17) is 11.6 Å². The Morgan fingerprint density at radius 3 is 2.70 bits per heavy atom. The molecular weight excluding hydrogens is 431 g/mol. The molecule has 2 aromatic carbocycles. The Balaban J connectivity index is 2.12. The summed E-state index contributed by atoms with van der Waals surface area (Å²) in [5, 5.41) is 13.7. The van der Waals surface area contributed by atoms with Gasteiger partial charge in [0.15, 0.2) is 0 Å². The molecule has 0 saturated carbocycles. The van der Waals surface area contributed by atoms with E-state index >= 15 is 0 Å². The first kappa shape index (κ1) is 17.4. The van der Waals surface area contributed by atoms with Crippen LogP contribution in [0, 0.1) is 20.6 Å². The van der Waals surface area contributed by atoms with Crippen LogP contribution in [0.3, 0.4) is 0 Å². The number of nitrogens with one attached hydrogen (secondary N) is 1. The third-order valence-electron chi connectivity index (χ3n) is 3.04. The van der Waals surface area contributed by atoms with Crippen LogP contribution in [-0.4, -0.2) is 10.8 Å². The molecule has 0 aliphatic rings. The zero-order valence-electron chi connectivity index (χ0n) is 12.0. The Bertz CT molecular complexity index is 806. The molecule has 0 heterocycles. The molecule has 0 spiro atoms. The number of nitro groups is 1. The highest BCUT2D eigenvalue weighted by Gasteiger charge is 2.11. The van der Waals surface area contributed by atoms with E-state index in [9.17, 15) is 14.9 Å². The number of benzene rings is 2. The van der Waals surface area contributed by atoms with E-state index in [1.54, 1.807) is 6.07 Å². The highest BCUT2D eigenvalue weighted by molar-refractivity contribution is 14.1. The number of amides is 1. The van der Waals surface area contributed by atoms with Crippen molar-refractivity contribution >= 4 is 57.5 Å². The van der Waals surface area contributed by atoms with Crippen LogP contribution >= 0.6 is 34.2 Å². The molecule has 0 aromatic heterocycles. The summed E-state index contributed by atoms with van der Waals surface area (Å²) in [6, 6.07) is 10.0. The molecule has 118 valence electrons. The van der Waals surface area contributed by atoms with E-state index in [2.05, 4.69) is 27.9 Å². The fourth-order valence-electron chi connectivity index (χ4n) is 1.89. The van der Waals surface area contributed by atoms with Crippen molar-refractivity contribution in [2.75, 3.05) is 5.32 Å². The van der Waals surface area contributed by atoms with Gasteiger partial charge in [-0.15, -0.1) is 0 Å². The number of hydrogen-bond acceptors (Lipinski definition) is 3. The molecule has 23 heavy (non-hydrogen) atoms. The van der Waals surface area contributed by atoms with Crippen LogP contribution in [0.1, 0.15) is 11.1 Å². The van der Waals surface area contributed by atoms with Gasteiger partial charge in [0, 0.05) is 21.4 Å². The molecule has 0 aliphatic carbocycles. The van der Waals surface area contributed by atoms with Crippen LogP contribution < -0.4 is 5.32 Å². The van der Waals surface area contributed by atoms with Gasteiger partial charge in [0.2, 0.25) is 5.91 Å². The summed E-state index contributed by atoms with van der Waals surface area (Å²) in [6.45, 7) is 1.91. The maximum absolute atomic E-state index is 11.9. The lowest BCUT2D eigenvalue weighted by Crippen LogP contribution is -2.08. The second kappa shape index (κ2) is 7.56. The lowest BCUT2D eigenvalue weighted by molar-refractivity contribution is -0.384. The summed E-state index contributed by atoms with van der Waals surface area (Å²) >= 11 is 7.94. The zero-order chi connectivity index (χ0) is 17.0. The number of halogens is 2. The van der Waals surface area contributed by atoms with Gasteiger partial charge >= 0.3 is 0 Å². The van der Waals surface area contributed by atoms with Gasteiger partial charge in [-0.1, -0.05) is 17.7 Å². The van der Waals surface area contributed by atoms with E-state index in [1.807, 2.05) is 25.1 Å².